The van der Waals surface area contributed by atoms with Gasteiger partial charge in [-0.1, -0.05) is 12.8 Å². The molecule has 0 spiro atoms. The molecule has 0 amide bonds. The number of rotatable bonds is 3. The monoisotopic (exact) mass is 278 g/mol. The van der Waals surface area contributed by atoms with Crippen molar-refractivity contribution in [3.63, 3.8) is 0 Å². The minimum absolute atomic E-state index is 0.109. The molecule has 0 bridgehead atoms. The summed E-state index contributed by atoms with van der Waals surface area (Å²) >= 11 is 0. The Hall–Kier alpha value is -0.870. The van der Waals surface area contributed by atoms with Crippen molar-refractivity contribution in [2.45, 2.75) is 71.1 Å². The van der Waals surface area contributed by atoms with E-state index in [0.717, 1.165) is 36.9 Å². The quantitative estimate of drug-likeness (QED) is 0.923. The third-order valence-corrected chi connectivity index (χ3v) is 5.10. The molecule has 0 radical (unpaired) electrons. The lowest BCUT2D eigenvalue weighted by Crippen LogP contribution is -2.42. The van der Waals surface area contributed by atoms with Gasteiger partial charge in [0.25, 0.3) is 0 Å². The van der Waals surface area contributed by atoms with Crippen LogP contribution in [0.4, 0.5) is 0 Å². The van der Waals surface area contributed by atoms with Crippen LogP contribution in [0.5, 0.6) is 0 Å². The summed E-state index contributed by atoms with van der Waals surface area (Å²) < 4.78 is 5.72. The van der Waals surface area contributed by atoms with Gasteiger partial charge in [0.1, 0.15) is 5.76 Å². The molecule has 2 fully saturated rings. The number of oxazole rings is 1. The second-order valence-corrected chi connectivity index (χ2v) is 6.44. The van der Waals surface area contributed by atoms with Gasteiger partial charge in [-0.2, -0.15) is 0 Å². The molecule has 3 rings (SSSR count). The fraction of sp³-hybridized carbons (Fsp3) is 0.812. The van der Waals surface area contributed by atoms with Crippen LogP contribution in [0.3, 0.4) is 0 Å². The number of aliphatic hydroxyl groups is 1. The first-order chi connectivity index (χ1) is 9.65. The summed E-state index contributed by atoms with van der Waals surface area (Å²) in [7, 11) is 0. The average Bonchev–Trinajstić information content (AvgIpc) is 2.98. The predicted molar refractivity (Wildman–Crippen MR) is 77.4 cm³/mol. The molecule has 1 aliphatic heterocycles. The lowest BCUT2D eigenvalue weighted by molar-refractivity contribution is 0.0181. The van der Waals surface area contributed by atoms with E-state index in [2.05, 4.69) is 9.88 Å². The van der Waals surface area contributed by atoms with Crippen LogP contribution in [-0.2, 0) is 6.54 Å². The molecular weight excluding hydrogens is 252 g/mol. The van der Waals surface area contributed by atoms with Crippen LogP contribution in [-0.4, -0.2) is 33.7 Å². The predicted octanol–water partition coefficient (Wildman–Crippen LogP) is 2.81. The lowest BCUT2D eigenvalue weighted by Gasteiger charge is -2.36. The van der Waals surface area contributed by atoms with Gasteiger partial charge in [-0.15, -0.1) is 0 Å². The van der Waals surface area contributed by atoms with Crippen LogP contribution in [0.2, 0.25) is 0 Å². The van der Waals surface area contributed by atoms with Crippen molar-refractivity contribution in [3.8, 4) is 0 Å². The number of aliphatic hydroxyl groups excluding tert-OH is 1. The highest BCUT2D eigenvalue weighted by Crippen LogP contribution is 2.35. The van der Waals surface area contributed by atoms with Gasteiger partial charge in [-0.3, -0.25) is 4.90 Å². The number of hydrogen-bond acceptors (Lipinski definition) is 4. The van der Waals surface area contributed by atoms with Crippen LogP contribution in [0.25, 0.3) is 0 Å². The van der Waals surface area contributed by atoms with E-state index in [0.29, 0.717) is 12.0 Å². The van der Waals surface area contributed by atoms with E-state index >= 15 is 0 Å². The van der Waals surface area contributed by atoms with Crippen LogP contribution >= 0.6 is 0 Å². The van der Waals surface area contributed by atoms with Crippen molar-refractivity contribution in [2.24, 2.45) is 5.92 Å². The Labute approximate surface area is 121 Å². The first-order valence-electron chi connectivity index (χ1n) is 8.00. The van der Waals surface area contributed by atoms with E-state index in [1.54, 1.807) is 0 Å². The van der Waals surface area contributed by atoms with Gasteiger partial charge in [-0.25, -0.2) is 4.98 Å². The van der Waals surface area contributed by atoms with Gasteiger partial charge in [0.2, 0.25) is 5.89 Å². The molecule has 1 aliphatic carbocycles. The maximum absolute atomic E-state index is 10.3. The zero-order chi connectivity index (χ0) is 14.1. The SMILES string of the molecule is Cc1nc(CN2CCC[C@@H]2[C@@H]2CCCC[C@@H]2O)oc1C. The molecule has 1 aromatic heterocycles. The fourth-order valence-electron chi connectivity index (χ4n) is 3.90. The van der Waals surface area contributed by atoms with Crippen molar-refractivity contribution in [1.29, 1.82) is 0 Å². The van der Waals surface area contributed by atoms with Gasteiger partial charge in [0, 0.05) is 12.0 Å². The van der Waals surface area contributed by atoms with Gasteiger partial charge in [-0.05, 0) is 46.1 Å². The summed E-state index contributed by atoms with van der Waals surface area (Å²) in [4.78, 5) is 6.98. The summed E-state index contributed by atoms with van der Waals surface area (Å²) in [5.41, 5.74) is 0.994. The summed E-state index contributed by atoms with van der Waals surface area (Å²) in [6.45, 7) is 5.86. The van der Waals surface area contributed by atoms with Crippen molar-refractivity contribution in [3.05, 3.63) is 17.3 Å². The molecule has 4 heteroatoms. The van der Waals surface area contributed by atoms with E-state index < -0.39 is 0 Å². The first-order valence-corrected chi connectivity index (χ1v) is 8.00. The molecule has 0 unspecified atom stereocenters. The van der Waals surface area contributed by atoms with Crippen molar-refractivity contribution >= 4 is 0 Å². The maximum Gasteiger partial charge on any atom is 0.208 e. The molecule has 2 aliphatic rings. The van der Waals surface area contributed by atoms with Crippen LogP contribution in [0, 0.1) is 19.8 Å². The minimum atomic E-state index is -0.109. The van der Waals surface area contributed by atoms with Crippen LogP contribution < -0.4 is 0 Å². The lowest BCUT2D eigenvalue weighted by atomic mass is 9.80. The minimum Gasteiger partial charge on any atom is -0.444 e. The molecule has 3 atom stereocenters. The number of aromatic nitrogens is 1. The molecule has 0 aromatic carbocycles. The van der Waals surface area contributed by atoms with E-state index in [-0.39, 0.29) is 6.10 Å². The van der Waals surface area contributed by atoms with Gasteiger partial charge >= 0.3 is 0 Å². The fourth-order valence-corrected chi connectivity index (χ4v) is 3.90. The number of nitrogens with zero attached hydrogens (tertiary/aromatic N) is 2. The smallest absolute Gasteiger partial charge is 0.208 e. The maximum atomic E-state index is 10.3. The Morgan fingerprint density at radius 3 is 2.70 bits per heavy atom. The van der Waals surface area contributed by atoms with Gasteiger partial charge in [0.05, 0.1) is 18.3 Å². The third kappa shape index (κ3) is 2.77. The number of aryl methyl sites for hydroxylation is 2. The van der Waals surface area contributed by atoms with E-state index in [1.165, 1.54) is 32.1 Å². The molecule has 1 N–H and O–H groups in total. The zero-order valence-corrected chi connectivity index (χ0v) is 12.6. The molecule has 1 saturated carbocycles. The Kier molecular flexibility index (Phi) is 4.13. The first kappa shape index (κ1) is 14.1. The average molecular weight is 278 g/mol. The molecular formula is C16H26N2O2. The largest absolute Gasteiger partial charge is 0.444 e. The number of hydrogen-bond donors (Lipinski definition) is 1. The zero-order valence-electron chi connectivity index (χ0n) is 12.6. The molecule has 2 heterocycles. The van der Waals surface area contributed by atoms with E-state index in [4.69, 9.17) is 4.42 Å². The Balaban J connectivity index is 1.68. The highest BCUT2D eigenvalue weighted by Gasteiger charge is 2.37. The molecule has 1 saturated heterocycles. The Bertz CT molecular complexity index is 438. The highest BCUT2D eigenvalue weighted by atomic mass is 16.4. The van der Waals surface area contributed by atoms with Crippen molar-refractivity contribution in [2.75, 3.05) is 6.54 Å². The second kappa shape index (κ2) is 5.86. The van der Waals surface area contributed by atoms with Crippen LogP contribution in [0.15, 0.2) is 4.42 Å². The normalized spacial score (nSPS) is 31.9. The Morgan fingerprint density at radius 2 is 2.00 bits per heavy atom. The summed E-state index contributed by atoms with van der Waals surface area (Å²) in [5, 5.41) is 10.3. The standard InChI is InChI=1S/C16H26N2O2/c1-11-12(2)20-16(17-11)10-18-9-5-7-14(18)13-6-3-4-8-15(13)19/h13-15,19H,3-10H2,1-2H3/t13-,14+,15-/m0/s1. The molecule has 112 valence electrons. The van der Waals surface area contributed by atoms with E-state index in [1.807, 2.05) is 13.8 Å². The molecule has 4 nitrogen and oxygen atoms in total. The van der Waals surface area contributed by atoms with Crippen molar-refractivity contribution in [1.82, 2.24) is 9.88 Å². The summed E-state index contributed by atoms with van der Waals surface area (Å²) in [5.74, 6) is 2.20. The Morgan fingerprint density at radius 1 is 1.20 bits per heavy atom. The third-order valence-electron chi connectivity index (χ3n) is 5.10. The van der Waals surface area contributed by atoms with E-state index in [9.17, 15) is 5.11 Å². The summed E-state index contributed by atoms with van der Waals surface area (Å²) in [6, 6.07) is 0.512. The topological polar surface area (TPSA) is 49.5 Å². The van der Waals surface area contributed by atoms with Gasteiger partial charge < -0.3 is 9.52 Å². The second-order valence-electron chi connectivity index (χ2n) is 6.44. The number of likely N-dealkylation sites (tertiary alicyclic amines) is 1. The summed E-state index contributed by atoms with van der Waals surface area (Å²) in [6.07, 6.45) is 6.93. The highest BCUT2D eigenvalue weighted by molar-refractivity contribution is 5.05. The van der Waals surface area contributed by atoms with Crippen LogP contribution in [0.1, 0.15) is 55.9 Å². The molecule has 20 heavy (non-hydrogen) atoms. The van der Waals surface area contributed by atoms with Gasteiger partial charge in [0.15, 0.2) is 0 Å². The van der Waals surface area contributed by atoms with Crippen molar-refractivity contribution < 1.29 is 9.52 Å². The molecule has 1 aromatic rings.